The highest BCUT2D eigenvalue weighted by Gasteiger charge is 2.25. The van der Waals surface area contributed by atoms with E-state index in [-0.39, 0.29) is 35.8 Å². The van der Waals surface area contributed by atoms with Gasteiger partial charge in [-0.05, 0) is 49.1 Å². The Morgan fingerprint density at radius 3 is 2.93 bits per heavy atom. The fourth-order valence-corrected chi connectivity index (χ4v) is 3.41. The smallest absolute Gasteiger partial charge is 0.191 e. The van der Waals surface area contributed by atoms with Crippen LogP contribution in [-0.2, 0) is 6.42 Å². The lowest BCUT2D eigenvalue weighted by molar-refractivity contribution is 0.411. The Balaban J connectivity index is 0.00000300. The van der Waals surface area contributed by atoms with Gasteiger partial charge in [-0.3, -0.25) is 4.99 Å². The highest BCUT2D eigenvalue weighted by Crippen LogP contribution is 2.21. The molecule has 0 aliphatic carbocycles. The van der Waals surface area contributed by atoms with Crippen molar-refractivity contribution in [1.29, 1.82) is 0 Å². The van der Waals surface area contributed by atoms with E-state index in [1.807, 2.05) is 11.8 Å². The van der Waals surface area contributed by atoms with Crippen molar-refractivity contribution in [3.8, 4) is 5.75 Å². The number of hydrogen-bond donors (Lipinski definition) is 2. The number of nitrogens with zero attached hydrogens (tertiary/aromatic N) is 3. The van der Waals surface area contributed by atoms with Crippen LogP contribution >= 0.6 is 24.0 Å². The number of hydrogen-bond acceptors (Lipinski definition) is 4. The van der Waals surface area contributed by atoms with Crippen LogP contribution in [0.1, 0.15) is 17.5 Å². The van der Waals surface area contributed by atoms with Gasteiger partial charge in [0, 0.05) is 38.9 Å². The van der Waals surface area contributed by atoms with Crippen LogP contribution in [0.5, 0.6) is 5.75 Å². The van der Waals surface area contributed by atoms with Crippen molar-refractivity contribution in [2.45, 2.75) is 25.8 Å². The van der Waals surface area contributed by atoms with E-state index in [2.05, 4.69) is 38.8 Å². The van der Waals surface area contributed by atoms with Crippen molar-refractivity contribution >= 4 is 35.8 Å². The van der Waals surface area contributed by atoms with Gasteiger partial charge in [0.05, 0.1) is 7.11 Å². The molecule has 0 bridgehead atoms. The number of rotatable bonds is 6. The van der Waals surface area contributed by atoms with Crippen LogP contribution in [0.4, 0.5) is 10.2 Å². The number of aliphatic imine (C=N–C) groups is 1. The van der Waals surface area contributed by atoms with E-state index < -0.39 is 0 Å². The number of nitrogens with one attached hydrogen (secondary N) is 2. The summed E-state index contributed by atoms with van der Waals surface area (Å²) in [5.74, 6) is 1.81. The third-order valence-electron chi connectivity index (χ3n) is 4.97. The van der Waals surface area contributed by atoms with Gasteiger partial charge in [0.25, 0.3) is 0 Å². The van der Waals surface area contributed by atoms with Crippen LogP contribution in [0, 0.1) is 12.7 Å². The Bertz CT molecular complexity index is 832. The van der Waals surface area contributed by atoms with Crippen LogP contribution in [0.25, 0.3) is 0 Å². The molecule has 0 spiro atoms. The van der Waals surface area contributed by atoms with Gasteiger partial charge in [0.2, 0.25) is 0 Å². The summed E-state index contributed by atoms with van der Waals surface area (Å²) in [5, 5.41) is 6.78. The van der Waals surface area contributed by atoms with E-state index in [0.717, 1.165) is 43.2 Å². The summed E-state index contributed by atoms with van der Waals surface area (Å²) in [4.78, 5) is 10.4. The number of methoxy groups -OCH3 is 1. The minimum Gasteiger partial charge on any atom is -0.496 e. The SMILES string of the molecule is CN=C(NCCc1ccc(C)c(OC)c1)NC1CCN(c2ncccc2F)C1.I. The molecule has 0 amide bonds. The summed E-state index contributed by atoms with van der Waals surface area (Å²) in [7, 11) is 3.45. The highest BCUT2D eigenvalue weighted by molar-refractivity contribution is 14.0. The molecular weight excluding hydrogens is 484 g/mol. The zero-order valence-corrected chi connectivity index (χ0v) is 19.4. The maximum absolute atomic E-state index is 13.9. The average Bonchev–Trinajstić information content (AvgIpc) is 3.17. The molecule has 0 saturated carbocycles. The quantitative estimate of drug-likeness (QED) is 0.353. The van der Waals surface area contributed by atoms with E-state index >= 15 is 0 Å². The van der Waals surface area contributed by atoms with Gasteiger partial charge in [0.15, 0.2) is 17.6 Å². The Kier molecular flexibility index (Phi) is 8.94. The van der Waals surface area contributed by atoms with Gasteiger partial charge in [-0.15, -0.1) is 24.0 Å². The number of benzene rings is 1. The molecule has 1 aromatic heterocycles. The number of pyridine rings is 1. The van der Waals surface area contributed by atoms with Gasteiger partial charge >= 0.3 is 0 Å². The molecule has 1 aromatic carbocycles. The van der Waals surface area contributed by atoms with Gasteiger partial charge in [-0.2, -0.15) is 0 Å². The summed E-state index contributed by atoms with van der Waals surface area (Å²) < 4.78 is 19.3. The predicted molar refractivity (Wildman–Crippen MR) is 126 cm³/mol. The molecule has 158 valence electrons. The van der Waals surface area contributed by atoms with Crippen LogP contribution in [0.15, 0.2) is 41.5 Å². The molecule has 6 nitrogen and oxygen atoms in total. The minimum absolute atomic E-state index is 0. The summed E-state index contributed by atoms with van der Waals surface area (Å²) in [5.41, 5.74) is 2.34. The zero-order valence-electron chi connectivity index (χ0n) is 17.1. The molecule has 1 fully saturated rings. The topological polar surface area (TPSA) is 61.8 Å². The lowest BCUT2D eigenvalue weighted by Crippen LogP contribution is -2.45. The normalized spacial score (nSPS) is 16.3. The van der Waals surface area contributed by atoms with Crippen LogP contribution in [0.3, 0.4) is 0 Å². The summed E-state index contributed by atoms with van der Waals surface area (Å²) in [6, 6.07) is 9.52. The molecular formula is C21H29FIN5O. The van der Waals surface area contributed by atoms with E-state index in [4.69, 9.17) is 4.74 Å². The molecule has 8 heteroatoms. The van der Waals surface area contributed by atoms with Crippen molar-refractivity contribution < 1.29 is 9.13 Å². The average molecular weight is 513 g/mol. The molecule has 1 saturated heterocycles. The molecule has 3 rings (SSSR count). The third kappa shape index (κ3) is 6.19. The Morgan fingerprint density at radius 1 is 1.38 bits per heavy atom. The number of guanidine groups is 1. The molecule has 0 radical (unpaired) electrons. The number of aryl methyl sites for hydroxylation is 1. The second-order valence-corrected chi connectivity index (χ2v) is 6.94. The Labute approximate surface area is 189 Å². The molecule has 2 heterocycles. The van der Waals surface area contributed by atoms with Crippen LogP contribution in [0.2, 0.25) is 0 Å². The Morgan fingerprint density at radius 2 is 2.21 bits per heavy atom. The van der Waals surface area contributed by atoms with E-state index in [9.17, 15) is 4.39 Å². The largest absolute Gasteiger partial charge is 0.496 e. The van der Waals surface area contributed by atoms with Gasteiger partial charge in [0.1, 0.15) is 5.75 Å². The Hall–Kier alpha value is -2.10. The second kappa shape index (κ2) is 11.2. The van der Waals surface area contributed by atoms with Crippen molar-refractivity contribution in [2.75, 3.05) is 38.7 Å². The van der Waals surface area contributed by atoms with E-state index in [1.165, 1.54) is 11.6 Å². The monoisotopic (exact) mass is 513 g/mol. The van der Waals surface area contributed by atoms with Gasteiger partial charge < -0.3 is 20.3 Å². The molecule has 1 atom stereocenters. The maximum atomic E-state index is 13.9. The number of halogens is 2. The first kappa shape index (κ1) is 23.2. The molecule has 2 N–H and O–H groups in total. The number of anilines is 1. The van der Waals surface area contributed by atoms with E-state index in [1.54, 1.807) is 26.4 Å². The predicted octanol–water partition coefficient (Wildman–Crippen LogP) is 3.14. The first-order chi connectivity index (χ1) is 13.6. The van der Waals surface area contributed by atoms with Gasteiger partial charge in [-0.25, -0.2) is 9.37 Å². The fourth-order valence-electron chi connectivity index (χ4n) is 3.41. The summed E-state index contributed by atoms with van der Waals surface area (Å²) in [6.45, 7) is 4.26. The number of ether oxygens (including phenoxy) is 1. The van der Waals surface area contributed by atoms with Crippen molar-refractivity contribution in [3.05, 3.63) is 53.5 Å². The standard InChI is InChI=1S/C21H28FN5O.HI/c1-15-6-7-16(13-19(15)28-3)8-11-25-21(23-2)26-17-9-12-27(14-17)20-18(22)5-4-10-24-20;/h4-7,10,13,17H,8-9,11-12,14H2,1-3H3,(H2,23,25,26);1H. The molecule has 1 unspecified atom stereocenters. The first-order valence-electron chi connectivity index (χ1n) is 9.57. The first-order valence-corrected chi connectivity index (χ1v) is 9.57. The lowest BCUT2D eigenvalue weighted by atomic mass is 10.1. The maximum Gasteiger partial charge on any atom is 0.191 e. The zero-order chi connectivity index (χ0) is 19.9. The molecule has 1 aliphatic rings. The molecule has 29 heavy (non-hydrogen) atoms. The van der Waals surface area contributed by atoms with Gasteiger partial charge in [-0.1, -0.05) is 12.1 Å². The summed E-state index contributed by atoms with van der Waals surface area (Å²) in [6.07, 6.45) is 3.40. The third-order valence-corrected chi connectivity index (χ3v) is 4.97. The second-order valence-electron chi connectivity index (χ2n) is 6.94. The van der Waals surface area contributed by atoms with Crippen molar-refractivity contribution in [2.24, 2.45) is 4.99 Å². The fraction of sp³-hybridized carbons (Fsp3) is 0.429. The number of aromatic nitrogens is 1. The van der Waals surface area contributed by atoms with Crippen molar-refractivity contribution in [1.82, 2.24) is 15.6 Å². The lowest BCUT2D eigenvalue weighted by Gasteiger charge is -2.20. The summed E-state index contributed by atoms with van der Waals surface area (Å²) >= 11 is 0. The van der Waals surface area contributed by atoms with Crippen molar-refractivity contribution in [3.63, 3.8) is 0 Å². The highest BCUT2D eigenvalue weighted by atomic mass is 127. The molecule has 2 aromatic rings. The molecule has 1 aliphatic heterocycles. The van der Waals surface area contributed by atoms with Crippen LogP contribution in [-0.4, -0.2) is 50.8 Å². The van der Waals surface area contributed by atoms with Crippen LogP contribution < -0.4 is 20.3 Å². The minimum atomic E-state index is -0.279. The van der Waals surface area contributed by atoms with E-state index in [0.29, 0.717) is 12.4 Å².